The predicted octanol–water partition coefficient (Wildman–Crippen LogP) is 3.97. The van der Waals surface area contributed by atoms with Crippen LogP contribution in [0.5, 0.6) is 0 Å². The number of rotatable bonds is 6. The molecule has 140 valence electrons. The van der Waals surface area contributed by atoms with E-state index in [1.165, 1.54) is 10.6 Å². The lowest BCUT2D eigenvalue weighted by molar-refractivity contribution is -0.132. The van der Waals surface area contributed by atoms with Gasteiger partial charge >= 0.3 is 5.76 Å². The number of fused-ring (bicyclic) bond motifs is 1. The number of hydrogen-bond acceptors (Lipinski definition) is 3. The van der Waals surface area contributed by atoms with Crippen LogP contribution in [0.2, 0.25) is 5.02 Å². The fourth-order valence-electron chi connectivity index (χ4n) is 3.24. The average Bonchev–Trinajstić information content (AvgIpc) is 3.42. The number of oxazole rings is 1. The van der Waals surface area contributed by atoms with Crippen molar-refractivity contribution in [2.45, 2.75) is 38.4 Å². The summed E-state index contributed by atoms with van der Waals surface area (Å²) in [4.78, 5) is 26.5. The molecule has 0 radical (unpaired) electrons. The zero-order valence-electron chi connectivity index (χ0n) is 14.5. The fourth-order valence-corrected chi connectivity index (χ4v) is 3.46. The van der Waals surface area contributed by atoms with Crippen molar-refractivity contribution in [1.29, 1.82) is 0 Å². The molecular formula is C20H18ClFN2O3. The zero-order valence-corrected chi connectivity index (χ0v) is 15.3. The maximum Gasteiger partial charge on any atom is 0.419 e. The first-order valence-electron chi connectivity index (χ1n) is 8.85. The molecule has 0 bridgehead atoms. The Morgan fingerprint density at radius 3 is 2.74 bits per heavy atom. The molecule has 0 atom stereocenters. The molecule has 0 N–H and O–H groups in total. The molecule has 1 heterocycles. The van der Waals surface area contributed by atoms with Gasteiger partial charge in [-0.05, 0) is 37.1 Å². The van der Waals surface area contributed by atoms with Gasteiger partial charge in [0.25, 0.3) is 0 Å². The Bertz CT molecular complexity index is 1030. The van der Waals surface area contributed by atoms with Crippen molar-refractivity contribution in [3.8, 4) is 0 Å². The highest BCUT2D eigenvalue weighted by atomic mass is 35.5. The Hall–Kier alpha value is -2.60. The van der Waals surface area contributed by atoms with E-state index in [9.17, 15) is 14.0 Å². The fraction of sp³-hybridized carbons (Fsp3) is 0.300. The molecule has 1 saturated carbocycles. The van der Waals surface area contributed by atoms with Crippen LogP contribution in [-0.4, -0.2) is 21.4 Å². The van der Waals surface area contributed by atoms with Crippen LogP contribution >= 0.6 is 11.6 Å². The van der Waals surface area contributed by atoms with Gasteiger partial charge in [-0.3, -0.25) is 9.36 Å². The van der Waals surface area contributed by atoms with Gasteiger partial charge in [0, 0.05) is 29.6 Å². The van der Waals surface area contributed by atoms with Crippen molar-refractivity contribution < 1.29 is 13.6 Å². The third-order valence-electron chi connectivity index (χ3n) is 4.82. The number of aromatic nitrogens is 1. The van der Waals surface area contributed by atoms with E-state index < -0.39 is 11.6 Å². The summed E-state index contributed by atoms with van der Waals surface area (Å²) in [6, 6.07) is 11.7. The molecule has 4 rings (SSSR count). The van der Waals surface area contributed by atoms with Crippen molar-refractivity contribution in [3.05, 3.63) is 69.4 Å². The highest BCUT2D eigenvalue weighted by Gasteiger charge is 2.33. The van der Waals surface area contributed by atoms with E-state index in [0.717, 1.165) is 12.8 Å². The van der Waals surface area contributed by atoms with E-state index in [1.807, 2.05) is 6.07 Å². The second kappa shape index (κ2) is 7.19. The number of nitrogens with zero attached hydrogens (tertiary/aromatic N) is 2. The van der Waals surface area contributed by atoms with E-state index in [4.69, 9.17) is 16.0 Å². The Morgan fingerprint density at radius 2 is 2.00 bits per heavy atom. The SMILES string of the molecule is O=C(CCn1c(=O)oc2ccccc21)N(Cc1c(F)cccc1Cl)C1CC1. The molecular weight excluding hydrogens is 371 g/mol. The van der Waals surface area contributed by atoms with Gasteiger partial charge < -0.3 is 9.32 Å². The highest BCUT2D eigenvalue weighted by molar-refractivity contribution is 6.31. The van der Waals surface area contributed by atoms with E-state index in [-0.39, 0.29) is 31.5 Å². The second-order valence-electron chi connectivity index (χ2n) is 6.69. The maximum atomic E-state index is 14.1. The third-order valence-corrected chi connectivity index (χ3v) is 5.18. The van der Waals surface area contributed by atoms with Crippen LogP contribution in [0.25, 0.3) is 11.1 Å². The van der Waals surface area contributed by atoms with E-state index in [1.54, 1.807) is 35.2 Å². The summed E-state index contributed by atoms with van der Waals surface area (Å²) in [5.41, 5.74) is 1.47. The number of carbonyl (C=O) groups is 1. The molecule has 7 heteroatoms. The number of aryl methyl sites for hydroxylation is 1. The van der Waals surface area contributed by atoms with Crippen LogP contribution in [0.1, 0.15) is 24.8 Å². The average molecular weight is 389 g/mol. The van der Waals surface area contributed by atoms with Crippen LogP contribution in [0, 0.1) is 5.82 Å². The predicted molar refractivity (Wildman–Crippen MR) is 100 cm³/mol. The van der Waals surface area contributed by atoms with Crippen LogP contribution in [0.15, 0.2) is 51.7 Å². The van der Waals surface area contributed by atoms with Gasteiger partial charge in [-0.15, -0.1) is 0 Å². The molecule has 0 aliphatic heterocycles. The van der Waals surface area contributed by atoms with Gasteiger partial charge in [0.05, 0.1) is 12.1 Å². The van der Waals surface area contributed by atoms with E-state index >= 15 is 0 Å². The first kappa shape index (κ1) is 17.8. The normalized spacial score (nSPS) is 13.9. The Labute approximate surface area is 159 Å². The van der Waals surface area contributed by atoms with Gasteiger partial charge in [-0.25, -0.2) is 9.18 Å². The van der Waals surface area contributed by atoms with Crippen LogP contribution in [0.4, 0.5) is 4.39 Å². The molecule has 0 unspecified atom stereocenters. The summed E-state index contributed by atoms with van der Waals surface area (Å²) < 4.78 is 20.8. The molecule has 1 aliphatic carbocycles. The standard InChI is InChI=1S/C20H18ClFN2O3/c21-15-4-3-5-16(22)14(15)12-24(13-8-9-13)19(25)10-11-23-17-6-1-2-7-18(17)27-20(23)26/h1-7,13H,8-12H2. The molecule has 3 aromatic rings. The number of amides is 1. The zero-order chi connectivity index (χ0) is 19.0. The number of halogens is 2. The molecule has 2 aromatic carbocycles. The topological polar surface area (TPSA) is 55.5 Å². The lowest BCUT2D eigenvalue weighted by atomic mass is 10.2. The Morgan fingerprint density at radius 1 is 1.22 bits per heavy atom. The first-order chi connectivity index (χ1) is 13.0. The van der Waals surface area contributed by atoms with Crippen LogP contribution in [0.3, 0.4) is 0 Å². The summed E-state index contributed by atoms with van der Waals surface area (Å²) >= 11 is 6.11. The quantitative estimate of drug-likeness (QED) is 0.642. The molecule has 0 saturated heterocycles. The smallest absolute Gasteiger partial charge is 0.408 e. The molecule has 27 heavy (non-hydrogen) atoms. The molecule has 1 aliphatic rings. The van der Waals surface area contributed by atoms with Gasteiger partial charge in [0.2, 0.25) is 5.91 Å². The van der Waals surface area contributed by atoms with E-state index in [2.05, 4.69) is 0 Å². The van der Waals surface area contributed by atoms with Crippen molar-refractivity contribution in [2.75, 3.05) is 0 Å². The second-order valence-corrected chi connectivity index (χ2v) is 7.10. The monoisotopic (exact) mass is 388 g/mol. The highest BCUT2D eigenvalue weighted by Crippen LogP contribution is 2.31. The van der Waals surface area contributed by atoms with Gasteiger partial charge in [0.1, 0.15) is 5.82 Å². The van der Waals surface area contributed by atoms with Crippen molar-refractivity contribution in [1.82, 2.24) is 9.47 Å². The van der Waals surface area contributed by atoms with Gasteiger partial charge in [-0.2, -0.15) is 0 Å². The summed E-state index contributed by atoms with van der Waals surface area (Å²) in [7, 11) is 0. The first-order valence-corrected chi connectivity index (χ1v) is 9.23. The van der Waals surface area contributed by atoms with Crippen molar-refractivity contribution >= 4 is 28.6 Å². The summed E-state index contributed by atoms with van der Waals surface area (Å²) in [6.07, 6.45) is 1.92. The molecule has 1 aromatic heterocycles. The summed E-state index contributed by atoms with van der Waals surface area (Å²) in [5, 5.41) is 0.311. The number of benzene rings is 2. The van der Waals surface area contributed by atoms with Gasteiger partial charge in [0.15, 0.2) is 5.58 Å². The molecule has 1 fully saturated rings. The minimum absolute atomic E-state index is 0.103. The maximum absolute atomic E-state index is 14.1. The van der Waals surface area contributed by atoms with Crippen molar-refractivity contribution in [3.63, 3.8) is 0 Å². The van der Waals surface area contributed by atoms with Gasteiger partial charge in [-0.1, -0.05) is 29.8 Å². The summed E-state index contributed by atoms with van der Waals surface area (Å²) in [6.45, 7) is 0.346. The molecule has 0 spiro atoms. The molecule has 5 nitrogen and oxygen atoms in total. The Balaban J connectivity index is 1.52. The Kier molecular flexibility index (Phi) is 4.74. The molecule has 1 amide bonds. The van der Waals surface area contributed by atoms with E-state index in [0.29, 0.717) is 21.7 Å². The van der Waals surface area contributed by atoms with Crippen LogP contribution in [-0.2, 0) is 17.9 Å². The number of para-hydroxylation sites is 2. The summed E-state index contributed by atoms with van der Waals surface area (Å²) in [5.74, 6) is -1.04. The van der Waals surface area contributed by atoms with Crippen LogP contribution < -0.4 is 5.76 Å². The lowest BCUT2D eigenvalue weighted by Crippen LogP contribution is -2.34. The lowest BCUT2D eigenvalue weighted by Gasteiger charge is -2.23. The largest absolute Gasteiger partial charge is 0.419 e. The van der Waals surface area contributed by atoms with Crippen molar-refractivity contribution in [2.24, 2.45) is 0 Å². The number of hydrogen-bond donors (Lipinski definition) is 0. The minimum atomic E-state index is -0.487. The number of carbonyl (C=O) groups excluding carboxylic acids is 1. The minimum Gasteiger partial charge on any atom is -0.408 e. The third kappa shape index (κ3) is 3.62.